The van der Waals surface area contributed by atoms with Gasteiger partial charge in [0.2, 0.25) is 0 Å². The fourth-order valence-electron chi connectivity index (χ4n) is 0.739. The normalized spacial score (nSPS) is 10.3. The molecule has 0 radical (unpaired) electrons. The summed E-state index contributed by atoms with van der Waals surface area (Å²) in [6.07, 6.45) is 3.02. The number of carbonyl (C=O) groups is 2. The summed E-state index contributed by atoms with van der Waals surface area (Å²) in [5.74, 6) is -1.93. The molecule has 0 atom stereocenters. The van der Waals surface area contributed by atoms with Crippen LogP contribution in [0.1, 0.15) is 26.2 Å². The molecule has 0 fully saturated rings. The molecule has 0 aromatic heterocycles. The average molecular weight is 260 g/mol. The maximum atomic E-state index is 10.2. The van der Waals surface area contributed by atoms with Crippen molar-refractivity contribution in [3.05, 3.63) is 23.8 Å². The molecule has 0 heterocycles. The quantitative estimate of drug-likeness (QED) is 0.397. The van der Waals surface area contributed by atoms with Gasteiger partial charge in [0.15, 0.2) is 0 Å². The van der Waals surface area contributed by atoms with Gasteiger partial charge in [-0.1, -0.05) is 12.7 Å². The van der Waals surface area contributed by atoms with E-state index >= 15 is 0 Å². The lowest BCUT2D eigenvalue weighted by Crippen LogP contribution is -2.00. The number of rotatable bonds is 7. The molecule has 104 valence electrons. The maximum absolute atomic E-state index is 10.2. The van der Waals surface area contributed by atoms with Gasteiger partial charge in [0.05, 0.1) is 0 Å². The van der Waals surface area contributed by atoms with E-state index < -0.39 is 11.9 Å². The minimum absolute atomic E-state index is 0.0486. The van der Waals surface area contributed by atoms with Crippen molar-refractivity contribution in [2.75, 3.05) is 13.2 Å². The van der Waals surface area contributed by atoms with Gasteiger partial charge in [-0.15, -0.1) is 0 Å². The Morgan fingerprint density at radius 2 is 1.67 bits per heavy atom. The first kappa shape index (κ1) is 18.7. The number of aliphatic hydroxyl groups excluding tert-OH is 2. The van der Waals surface area contributed by atoms with Crippen LogP contribution in [0.5, 0.6) is 0 Å². The predicted octanol–water partition coefficient (Wildman–Crippen LogP) is 0.799. The first-order valence-corrected chi connectivity index (χ1v) is 5.39. The lowest BCUT2D eigenvalue weighted by atomic mass is 10.2. The zero-order valence-corrected chi connectivity index (χ0v) is 10.4. The Morgan fingerprint density at radius 3 is 1.94 bits per heavy atom. The summed E-state index contributed by atoms with van der Waals surface area (Å²) in [6, 6.07) is 0. The van der Waals surface area contributed by atoms with Crippen molar-refractivity contribution in [3.8, 4) is 0 Å². The van der Waals surface area contributed by atoms with Crippen LogP contribution in [0.25, 0.3) is 0 Å². The van der Waals surface area contributed by atoms with Crippen LogP contribution in [0.2, 0.25) is 0 Å². The monoisotopic (exact) mass is 260 g/mol. The molecule has 0 spiro atoms. The van der Waals surface area contributed by atoms with Gasteiger partial charge in [0.25, 0.3) is 0 Å². The third kappa shape index (κ3) is 12.4. The van der Waals surface area contributed by atoms with Crippen LogP contribution in [0.15, 0.2) is 23.8 Å². The van der Waals surface area contributed by atoms with Crippen molar-refractivity contribution in [1.82, 2.24) is 0 Å². The van der Waals surface area contributed by atoms with E-state index in [-0.39, 0.29) is 25.2 Å². The van der Waals surface area contributed by atoms with Crippen LogP contribution in [0.3, 0.4) is 0 Å². The largest absolute Gasteiger partial charge is 0.478 e. The van der Waals surface area contributed by atoms with Crippen LogP contribution in [0.4, 0.5) is 0 Å². The van der Waals surface area contributed by atoms with E-state index in [2.05, 4.69) is 6.58 Å². The summed E-state index contributed by atoms with van der Waals surface area (Å²) >= 11 is 0. The van der Waals surface area contributed by atoms with E-state index in [1.807, 2.05) is 0 Å². The molecule has 6 heteroatoms. The molecule has 0 aliphatic carbocycles. The fourth-order valence-corrected chi connectivity index (χ4v) is 0.739. The number of unbranched alkanes of at least 4 members (excludes halogenated alkanes) is 1. The van der Waals surface area contributed by atoms with Crippen molar-refractivity contribution < 1.29 is 30.0 Å². The Labute approximate surface area is 106 Å². The van der Waals surface area contributed by atoms with Crippen LogP contribution in [-0.2, 0) is 9.59 Å². The molecular formula is C12H20O6. The van der Waals surface area contributed by atoms with Gasteiger partial charge in [-0.25, -0.2) is 9.59 Å². The highest BCUT2D eigenvalue weighted by Crippen LogP contribution is 1.97. The number of hydrogen-bond donors (Lipinski definition) is 4. The number of aliphatic carboxylic acids is 2. The summed E-state index contributed by atoms with van der Waals surface area (Å²) in [7, 11) is 0. The average Bonchev–Trinajstić information content (AvgIpc) is 2.30. The van der Waals surface area contributed by atoms with Crippen LogP contribution in [0, 0.1) is 0 Å². The summed E-state index contributed by atoms with van der Waals surface area (Å²) in [5.41, 5.74) is 0.390. The second-order valence-electron chi connectivity index (χ2n) is 3.44. The van der Waals surface area contributed by atoms with Gasteiger partial charge in [-0.2, -0.15) is 0 Å². The minimum atomic E-state index is -1.04. The Kier molecular flexibility index (Phi) is 12.3. The molecular weight excluding hydrogens is 240 g/mol. The van der Waals surface area contributed by atoms with Crippen LogP contribution in [-0.4, -0.2) is 45.6 Å². The zero-order valence-electron chi connectivity index (χ0n) is 10.4. The molecule has 0 aromatic rings. The molecule has 4 N–H and O–H groups in total. The summed E-state index contributed by atoms with van der Waals surface area (Å²) < 4.78 is 0. The standard InChI is InChI=1S/C7H12O3.C5H8O3/c1-6(7(9)10)4-2-3-5-8;1-4(2-3-6)5(7)8/h4,8H,2-3,5H2,1H3,(H,9,10);6H,1-3H2,(H,7,8). The van der Waals surface area contributed by atoms with E-state index in [9.17, 15) is 9.59 Å². The van der Waals surface area contributed by atoms with Crippen molar-refractivity contribution in [1.29, 1.82) is 0 Å². The summed E-state index contributed by atoms with van der Waals surface area (Å²) in [5, 5.41) is 33.0. The van der Waals surface area contributed by atoms with Crippen molar-refractivity contribution in [2.45, 2.75) is 26.2 Å². The van der Waals surface area contributed by atoms with Gasteiger partial charge >= 0.3 is 11.9 Å². The Balaban J connectivity index is 0. The van der Waals surface area contributed by atoms with Crippen molar-refractivity contribution in [3.63, 3.8) is 0 Å². The highest BCUT2D eigenvalue weighted by Gasteiger charge is 2.00. The molecule has 0 aromatic carbocycles. The number of hydrogen-bond acceptors (Lipinski definition) is 4. The summed E-state index contributed by atoms with van der Waals surface area (Å²) in [6.45, 7) is 4.69. The number of allylic oxidation sites excluding steroid dienone is 1. The van der Waals surface area contributed by atoms with Crippen LogP contribution < -0.4 is 0 Å². The van der Waals surface area contributed by atoms with Gasteiger partial charge in [0, 0.05) is 30.8 Å². The highest BCUT2D eigenvalue weighted by atomic mass is 16.4. The second kappa shape index (κ2) is 11.8. The second-order valence-corrected chi connectivity index (χ2v) is 3.44. The van der Waals surface area contributed by atoms with Gasteiger partial charge in [-0.3, -0.25) is 0 Å². The third-order valence-corrected chi connectivity index (χ3v) is 1.87. The number of aliphatic hydroxyl groups is 2. The third-order valence-electron chi connectivity index (χ3n) is 1.87. The molecule has 6 nitrogen and oxygen atoms in total. The maximum Gasteiger partial charge on any atom is 0.331 e. The molecule has 0 amide bonds. The molecule has 0 aliphatic rings. The topological polar surface area (TPSA) is 115 Å². The van der Waals surface area contributed by atoms with Gasteiger partial charge < -0.3 is 20.4 Å². The molecule has 0 saturated carbocycles. The van der Waals surface area contributed by atoms with Crippen LogP contribution >= 0.6 is 0 Å². The fraction of sp³-hybridized carbons (Fsp3) is 0.500. The Bertz CT molecular complexity index is 306. The van der Waals surface area contributed by atoms with E-state index in [0.717, 1.165) is 0 Å². The van der Waals surface area contributed by atoms with Crippen molar-refractivity contribution in [2.24, 2.45) is 0 Å². The molecule has 0 unspecified atom stereocenters. The lowest BCUT2D eigenvalue weighted by molar-refractivity contribution is -0.133. The highest BCUT2D eigenvalue weighted by molar-refractivity contribution is 5.86. The minimum Gasteiger partial charge on any atom is -0.478 e. The smallest absolute Gasteiger partial charge is 0.331 e. The Hall–Kier alpha value is -1.66. The molecule has 0 aliphatic heterocycles. The molecule has 18 heavy (non-hydrogen) atoms. The first-order valence-electron chi connectivity index (χ1n) is 5.39. The zero-order chi connectivity index (χ0) is 14.6. The number of carboxylic acid groups (broad SMARTS) is 2. The van der Waals surface area contributed by atoms with E-state index in [1.54, 1.807) is 13.0 Å². The van der Waals surface area contributed by atoms with E-state index in [0.29, 0.717) is 18.4 Å². The predicted molar refractivity (Wildman–Crippen MR) is 66.2 cm³/mol. The molecule has 0 bridgehead atoms. The Morgan fingerprint density at radius 1 is 1.11 bits per heavy atom. The van der Waals surface area contributed by atoms with E-state index in [4.69, 9.17) is 20.4 Å². The number of carboxylic acids is 2. The summed E-state index contributed by atoms with van der Waals surface area (Å²) in [4.78, 5) is 20.0. The van der Waals surface area contributed by atoms with E-state index in [1.165, 1.54) is 0 Å². The lowest BCUT2D eigenvalue weighted by Gasteiger charge is -1.91. The molecule has 0 saturated heterocycles. The first-order chi connectivity index (χ1) is 8.36. The SMILES string of the molecule is C=C(CCO)C(=O)O.CC(=CCCCO)C(=O)O. The van der Waals surface area contributed by atoms with Crippen molar-refractivity contribution >= 4 is 11.9 Å². The van der Waals surface area contributed by atoms with Gasteiger partial charge in [0.1, 0.15) is 0 Å². The van der Waals surface area contributed by atoms with Gasteiger partial charge in [-0.05, 0) is 19.8 Å². The molecule has 0 rings (SSSR count).